The smallest absolute Gasteiger partial charge is 0.220 e. The number of H-pyrrole nitrogens is 1. The van der Waals surface area contributed by atoms with Crippen molar-refractivity contribution in [2.24, 2.45) is 5.92 Å². The summed E-state index contributed by atoms with van der Waals surface area (Å²) in [7, 11) is 0. The molecule has 6 heteroatoms. The molecule has 1 aliphatic rings. The van der Waals surface area contributed by atoms with Crippen LogP contribution in [0.3, 0.4) is 0 Å². The van der Waals surface area contributed by atoms with Crippen LogP contribution >= 0.6 is 0 Å². The molecule has 0 bridgehead atoms. The summed E-state index contributed by atoms with van der Waals surface area (Å²) < 4.78 is 6.36. The van der Waals surface area contributed by atoms with Gasteiger partial charge in [0.05, 0.1) is 16.6 Å². The van der Waals surface area contributed by atoms with Crippen molar-refractivity contribution in [2.75, 3.05) is 6.54 Å². The van der Waals surface area contributed by atoms with Crippen molar-refractivity contribution in [3.05, 3.63) is 54.5 Å². The fourth-order valence-electron chi connectivity index (χ4n) is 3.99. The molecule has 1 aliphatic heterocycles. The second-order valence-corrected chi connectivity index (χ2v) is 7.69. The lowest BCUT2D eigenvalue weighted by molar-refractivity contribution is -0.119. The summed E-state index contributed by atoms with van der Waals surface area (Å²) in [6.07, 6.45) is 2.22. The average Bonchev–Trinajstić information content (AvgIpc) is 3.31. The van der Waals surface area contributed by atoms with Crippen LogP contribution in [-0.4, -0.2) is 33.5 Å². The number of imidazole rings is 1. The molecule has 0 saturated carbocycles. The maximum Gasteiger partial charge on any atom is 0.220 e. The summed E-state index contributed by atoms with van der Waals surface area (Å²) >= 11 is 0. The Kier molecular flexibility index (Phi) is 4.19. The highest BCUT2D eigenvalue weighted by molar-refractivity contribution is 5.91. The average molecular weight is 386 g/mol. The summed E-state index contributed by atoms with van der Waals surface area (Å²) in [6, 6.07) is 14.3. The monoisotopic (exact) mass is 386 g/mol. The molecule has 146 valence electrons. The van der Waals surface area contributed by atoms with Crippen molar-refractivity contribution < 1.29 is 9.53 Å². The van der Waals surface area contributed by atoms with Crippen LogP contribution in [-0.2, 0) is 4.79 Å². The zero-order valence-corrected chi connectivity index (χ0v) is 16.4. The number of ether oxygens (including phenoxy) is 1. The molecule has 1 fully saturated rings. The minimum Gasteiger partial charge on any atom is -0.490 e. The number of benzene rings is 2. The van der Waals surface area contributed by atoms with Gasteiger partial charge in [-0.3, -0.25) is 9.78 Å². The van der Waals surface area contributed by atoms with Gasteiger partial charge in [-0.1, -0.05) is 6.07 Å². The molecule has 6 nitrogen and oxygen atoms in total. The van der Waals surface area contributed by atoms with Crippen LogP contribution < -0.4 is 10.1 Å². The number of pyridine rings is 1. The van der Waals surface area contributed by atoms with Crippen LogP contribution in [0.2, 0.25) is 0 Å². The molecule has 4 aromatic rings. The highest BCUT2D eigenvalue weighted by atomic mass is 16.5. The Balaban J connectivity index is 1.56. The van der Waals surface area contributed by atoms with Crippen molar-refractivity contribution in [1.29, 1.82) is 0 Å². The lowest BCUT2D eigenvalue weighted by Gasteiger charge is -2.21. The summed E-state index contributed by atoms with van der Waals surface area (Å²) in [5, 5.41) is 3.86. The molecule has 29 heavy (non-hydrogen) atoms. The minimum absolute atomic E-state index is 0.0784. The SMILES string of the molecule is Cc1nc2ccc(-c3cc(O[C@H](C)[C@H]4CNC(=O)C4)c4cccnc4c3)cc2[nH]1. The number of rotatable bonds is 4. The lowest BCUT2D eigenvalue weighted by atomic mass is 10.0. The van der Waals surface area contributed by atoms with E-state index in [2.05, 4.69) is 44.5 Å². The Morgan fingerprint density at radius 3 is 2.86 bits per heavy atom. The van der Waals surface area contributed by atoms with Crippen LogP contribution in [0.15, 0.2) is 48.7 Å². The molecule has 0 spiro atoms. The maximum absolute atomic E-state index is 11.6. The fourth-order valence-corrected chi connectivity index (χ4v) is 3.99. The number of carbonyl (C=O) groups excluding carboxylic acids is 1. The first-order valence-corrected chi connectivity index (χ1v) is 9.86. The van der Waals surface area contributed by atoms with E-state index in [4.69, 9.17) is 4.74 Å². The number of nitrogens with one attached hydrogen (secondary N) is 2. The molecule has 0 radical (unpaired) electrons. The third kappa shape index (κ3) is 3.31. The van der Waals surface area contributed by atoms with E-state index in [-0.39, 0.29) is 17.9 Å². The molecule has 0 unspecified atom stereocenters. The van der Waals surface area contributed by atoms with Crippen molar-refractivity contribution in [3.8, 4) is 16.9 Å². The third-order valence-electron chi connectivity index (χ3n) is 5.60. The van der Waals surface area contributed by atoms with Gasteiger partial charge in [0.25, 0.3) is 0 Å². The first kappa shape index (κ1) is 17.7. The normalized spacial score (nSPS) is 17.6. The summed E-state index contributed by atoms with van der Waals surface area (Å²) in [4.78, 5) is 23.9. The maximum atomic E-state index is 11.6. The van der Waals surface area contributed by atoms with Gasteiger partial charge in [0.1, 0.15) is 17.7 Å². The van der Waals surface area contributed by atoms with E-state index in [0.29, 0.717) is 13.0 Å². The molecule has 1 amide bonds. The number of hydrogen-bond donors (Lipinski definition) is 2. The molecule has 2 atom stereocenters. The van der Waals surface area contributed by atoms with Gasteiger partial charge in [-0.25, -0.2) is 4.98 Å². The van der Waals surface area contributed by atoms with E-state index in [1.165, 1.54) is 0 Å². The van der Waals surface area contributed by atoms with Gasteiger partial charge < -0.3 is 15.0 Å². The number of carbonyl (C=O) groups is 1. The third-order valence-corrected chi connectivity index (χ3v) is 5.60. The quantitative estimate of drug-likeness (QED) is 0.556. The summed E-state index contributed by atoms with van der Waals surface area (Å²) in [6.45, 7) is 4.64. The fraction of sp³-hybridized carbons (Fsp3) is 0.261. The number of fused-ring (bicyclic) bond motifs is 2. The molecular weight excluding hydrogens is 364 g/mol. The Bertz CT molecular complexity index is 1230. The van der Waals surface area contributed by atoms with Gasteiger partial charge >= 0.3 is 0 Å². The van der Waals surface area contributed by atoms with Gasteiger partial charge in [-0.2, -0.15) is 0 Å². The van der Waals surface area contributed by atoms with Gasteiger partial charge in [0, 0.05) is 30.5 Å². The number of nitrogens with zero attached hydrogens (tertiary/aromatic N) is 2. The van der Waals surface area contributed by atoms with E-state index < -0.39 is 0 Å². The van der Waals surface area contributed by atoms with Crippen LogP contribution in [0.4, 0.5) is 0 Å². The van der Waals surface area contributed by atoms with Gasteiger partial charge in [0.2, 0.25) is 5.91 Å². The molecule has 0 aliphatic carbocycles. The van der Waals surface area contributed by atoms with Crippen molar-refractivity contribution in [2.45, 2.75) is 26.4 Å². The predicted octanol–water partition coefficient (Wildman–Crippen LogP) is 3.99. The first-order valence-electron chi connectivity index (χ1n) is 9.86. The molecule has 2 N–H and O–H groups in total. The van der Waals surface area contributed by atoms with Gasteiger partial charge in [0.15, 0.2) is 0 Å². The van der Waals surface area contributed by atoms with Crippen LogP contribution in [0, 0.1) is 12.8 Å². The predicted molar refractivity (Wildman–Crippen MR) is 113 cm³/mol. The molecular formula is C23H22N4O2. The Hall–Kier alpha value is -3.41. The molecule has 3 heterocycles. The van der Waals surface area contributed by atoms with E-state index in [1.54, 1.807) is 6.20 Å². The minimum atomic E-state index is -0.0784. The van der Waals surface area contributed by atoms with Crippen molar-refractivity contribution in [3.63, 3.8) is 0 Å². The van der Waals surface area contributed by atoms with Crippen molar-refractivity contribution >= 4 is 27.8 Å². The topological polar surface area (TPSA) is 79.9 Å². The second kappa shape index (κ2) is 6.88. The van der Waals surface area contributed by atoms with Gasteiger partial charge in [-0.05, 0) is 61.4 Å². The number of aromatic nitrogens is 3. The lowest BCUT2D eigenvalue weighted by Crippen LogP contribution is -2.25. The van der Waals surface area contributed by atoms with Crippen molar-refractivity contribution in [1.82, 2.24) is 20.3 Å². The summed E-state index contributed by atoms with van der Waals surface area (Å²) in [5.41, 5.74) is 4.95. The zero-order chi connectivity index (χ0) is 20.0. The highest BCUT2D eigenvalue weighted by Gasteiger charge is 2.28. The first-order chi connectivity index (χ1) is 14.1. The molecule has 2 aromatic heterocycles. The van der Waals surface area contributed by atoms with E-state index in [0.717, 1.165) is 44.6 Å². The zero-order valence-electron chi connectivity index (χ0n) is 16.4. The molecule has 2 aromatic carbocycles. The van der Waals surface area contributed by atoms with E-state index >= 15 is 0 Å². The number of amides is 1. The van der Waals surface area contributed by atoms with Crippen LogP contribution in [0.1, 0.15) is 19.2 Å². The van der Waals surface area contributed by atoms with E-state index in [1.807, 2.05) is 32.0 Å². The summed E-state index contributed by atoms with van der Waals surface area (Å²) in [5.74, 6) is 1.95. The highest BCUT2D eigenvalue weighted by Crippen LogP contribution is 2.34. The Morgan fingerprint density at radius 1 is 1.14 bits per heavy atom. The van der Waals surface area contributed by atoms with Gasteiger partial charge in [-0.15, -0.1) is 0 Å². The number of aryl methyl sites for hydroxylation is 1. The standard InChI is InChI=1S/C23H22N4O2/c1-13(17-11-23(28)25-12-17)29-22-10-16(9-20-18(22)4-3-7-24-20)15-5-6-19-21(8-15)27-14(2)26-19/h3-10,13,17H,11-12H2,1-2H3,(H,25,28)(H,26,27)/t13-,17-/m1/s1. The Labute approximate surface area is 168 Å². The number of hydrogen-bond acceptors (Lipinski definition) is 4. The molecule has 5 rings (SSSR count). The number of aromatic amines is 1. The van der Waals surface area contributed by atoms with Crippen LogP contribution in [0.5, 0.6) is 5.75 Å². The largest absolute Gasteiger partial charge is 0.490 e. The molecule has 1 saturated heterocycles. The second-order valence-electron chi connectivity index (χ2n) is 7.69. The van der Waals surface area contributed by atoms with E-state index in [9.17, 15) is 4.79 Å². The van der Waals surface area contributed by atoms with Crippen LogP contribution in [0.25, 0.3) is 33.1 Å². The Morgan fingerprint density at radius 2 is 2.03 bits per heavy atom.